The molecule has 1 N–H and O–H groups in total. The van der Waals surface area contributed by atoms with Gasteiger partial charge in [0.2, 0.25) is 0 Å². The molecule has 0 bridgehead atoms. The van der Waals surface area contributed by atoms with Gasteiger partial charge in [0.15, 0.2) is 0 Å². The number of hydrogen-bond acceptors (Lipinski definition) is 2. The minimum atomic E-state index is 0.0457. The first-order chi connectivity index (χ1) is 8.39. The number of nitrogens with zero attached hydrogens (tertiary/aromatic N) is 2. The van der Waals surface area contributed by atoms with E-state index in [0.717, 1.165) is 17.9 Å². The number of imidazole rings is 1. The van der Waals surface area contributed by atoms with E-state index < -0.39 is 0 Å². The molecule has 0 fully saturated rings. The summed E-state index contributed by atoms with van der Waals surface area (Å²) in [5.41, 5.74) is 2.34. The van der Waals surface area contributed by atoms with E-state index in [1.807, 2.05) is 6.07 Å². The van der Waals surface area contributed by atoms with Crippen LogP contribution in [0.3, 0.4) is 0 Å². The largest absolute Gasteiger partial charge is 0.322 e. The molecule has 3 heteroatoms. The van der Waals surface area contributed by atoms with Gasteiger partial charge < -0.3 is 9.88 Å². The van der Waals surface area contributed by atoms with Crippen LogP contribution in [0.25, 0.3) is 11.0 Å². The molecule has 98 valence electrons. The summed E-state index contributed by atoms with van der Waals surface area (Å²) in [6.45, 7) is 11.8. The summed E-state index contributed by atoms with van der Waals surface area (Å²) in [4.78, 5) is 4.75. The monoisotopic (exact) mass is 245 g/mol. The lowest BCUT2D eigenvalue weighted by Crippen LogP contribution is -2.29. The van der Waals surface area contributed by atoms with Gasteiger partial charge in [-0.05, 0) is 32.9 Å². The van der Waals surface area contributed by atoms with E-state index in [-0.39, 0.29) is 5.54 Å². The van der Waals surface area contributed by atoms with Crippen molar-refractivity contribution in [2.75, 3.05) is 0 Å². The molecular formula is C15H23N3. The van der Waals surface area contributed by atoms with Crippen LogP contribution in [0.2, 0.25) is 0 Å². The first-order valence-corrected chi connectivity index (χ1v) is 6.60. The van der Waals surface area contributed by atoms with Crippen molar-refractivity contribution in [2.24, 2.45) is 0 Å². The number of benzene rings is 1. The van der Waals surface area contributed by atoms with Crippen molar-refractivity contribution in [3.8, 4) is 0 Å². The van der Waals surface area contributed by atoms with E-state index in [2.05, 4.69) is 62.7 Å². The molecule has 0 saturated carbocycles. The molecule has 1 aromatic carbocycles. The maximum absolute atomic E-state index is 4.75. The molecule has 0 unspecified atom stereocenters. The Hall–Kier alpha value is -1.35. The van der Waals surface area contributed by atoms with Crippen LogP contribution in [-0.2, 0) is 12.1 Å². The van der Waals surface area contributed by atoms with Gasteiger partial charge in [0.05, 0.1) is 17.6 Å². The molecular weight excluding hydrogens is 222 g/mol. The average Bonchev–Trinajstić information content (AvgIpc) is 2.63. The highest BCUT2D eigenvalue weighted by Gasteiger charge is 2.20. The van der Waals surface area contributed by atoms with Gasteiger partial charge in [-0.25, -0.2) is 4.98 Å². The Labute approximate surface area is 109 Å². The summed E-state index contributed by atoms with van der Waals surface area (Å²) >= 11 is 0. The molecule has 1 aromatic heterocycles. The summed E-state index contributed by atoms with van der Waals surface area (Å²) in [5.74, 6) is 1.11. The summed E-state index contributed by atoms with van der Waals surface area (Å²) in [6.07, 6.45) is 0. The third-order valence-corrected chi connectivity index (χ3v) is 2.97. The van der Waals surface area contributed by atoms with Gasteiger partial charge >= 0.3 is 0 Å². The van der Waals surface area contributed by atoms with Crippen molar-refractivity contribution in [3.63, 3.8) is 0 Å². The summed E-state index contributed by atoms with van der Waals surface area (Å²) in [6, 6.07) is 8.81. The van der Waals surface area contributed by atoms with Crippen LogP contribution in [-0.4, -0.2) is 15.6 Å². The number of nitrogens with one attached hydrogen (secondary N) is 1. The topological polar surface area (TPSA) is 29.9 Å². The van der Waals surface area contributed by atoms with Crippen molar-refractivity contribution in [3.05, 3.63) is 30.1 Å². The summed E-state index contributed by atoms with van der Waals surface area (Å²) in [5, 5.41) is 3.45. The predicted octanol–water partition coefficient (Wildman–Crippen LogP) is 3.29. The van der Waals surface area contributed by atoms with Crippen LogP contribution in [0.4, 0.5) is 0 Å². The number of hydrogen-bond donors (Lipinski definition) is 1. The minimum Gasteiger partial charge on any atom is -0.322 e. The molecule has 0 amide bonds. The zero-order valence-electron chi connectivity index (χ0n) is 12.0. The van der Waals surface area contributed by atoms with Gasteiger partial charge in [0.25, 0.3) is 0 Å². The Morgan fingerprint density at radius 1 is 1.22 bits per heavy atom. The highest BCUT2D eigenvalue weighted by Crippen LogP contribution is 2.24. The van der Waals surface area contributed by atoms with Crippen LogP contribution >= 0.6 is 0 Å². The zero-order chi connectivity index (χ0) is 13.3. The van der Waals surface area contributed by atoms with Gasteiger partial charge in [-0.1, -0.05) is 26.0 Å². The molecule has 3 nitrogen and oxygen atoms in total. The lowest BCUT2D eigenvalue weighted by atomic mass is 10.1. The quantitative estimate of drug-likeness (QED) is 0.899. The second-order valence-electron chi connectivity index (χ2n) is 6.06. The van der Waals surface area contributed by atoms with Crippen molar-refractivity contribution in [1.29, 1.82) is 0 Å². The number of aromatic nitrogens is 2. The van der Waals surface area contributed by atoms with Crippen LogP contribution in [0, 0.1) is 0 Å². The van der Waals surface area contributed by atoms with E-state index >= 15 is 0 Å². The summed E-state index contributed by atoms with van der Waals surface area (Å²) < 4.78 is 2.33. The standard InChI is InChI=1S/C15H23N3/c1-11(2)16-10-14-17-12-8-6-7-9-13(12)18(14)15(3,4)5/h6-9,11,16H,10H2,1-5H3. The number of fused-ring (bicyclic) bond motifs is 1. The molecule has 0 aliphatic carbocycles. The number of rotatable bonds is 3. The van der Waals surface area contributed by atoms with Gasteiger partial charge in [-0.2, -0.15) is 0 Å². The van der Waals surface area contributed by atoms with E-state index in [1.165, 1.54) is 5.52 Å². The van der Waals surface area contributed by atoms with Gasteiger partial charge in [0.1, 0.15) is 5.82 Å². The molecule has 0 aliphatic heterocycles. The Morgan fingerprint density at radius 2 is 1.89 bits per heavy atom. The predicted molar refractivity (Wildman–Crippen MR) is 76.7 cm³/mol. The van der Waals surface area contributed by atoms with Gasteiger partial charge in [-0.15, -0.1) is 0 Å². The smallest absolute Gasteiger partial charge is 0.124 e. The van der Waals surface area contributed by atoms with E-state index in [4.69, 9.17) is 4.98 Å². The maximum Gasteiger partial charge on any atom is 0.124 e. The van der Waals surface area contributed by atoms with Crippen molar-refractivity contribution < 1.29 is 0 Å². The van der Waals surface area contributed by atoms with Crippen molar-refractivity contribution in [2.45, 2.75) is 52.7 Å². The summed E-state index contributed by atoms with van der Waals surface area (Å²) in [7, 11) is 0. The normalized spacial score (nSPS) is 12.6. The Kier molecular flexibility index (Phi) is 3.44. The second-order valence-corrected chi connectivity index (χ2v) is 6.06. The fourth-order valence-electron chi connectivity index (χ4n) is 2.24. The van der Waals surface area contributed by atoms with Gasteiger partial charge in [-0.3, -0.25) is 0 Å². The van der Waals surface area contributed by atoms with E-state index in [9.17, 15) is 0 Å². The highest BCUT2D eigenvalue weighted by atomic mass is 15.2. The van der Waals surface area contributed by atoms with E-state index in [0.29, 0.717) is 6.04 Å². The molecule has 0 spiro atoms. The molecule has 2 rings (SSSR count). The molecule has 18 heavy (non-hydrogen) atoms. The third kappa shape index (κ3) is 2.56. The second kappa shape index (κ2) is 4.73. The number of para-hydroxylation sites is 2. The van der Waals surface area contributed by atoms with Crippen molar-refractivity contribution in [1.82, 2.24) is 14.9 Å². The Balaban J connectivity index is 2.50. The van der Waals surface area contributed by atoms with Crippen LogP contribution in [0.5, 0.6) is 0 Å². The molecule has 1 heterocycles. The average molecular weight is 245 g/mol. The minimum absolute atomic E-state index is 0.0457. The van der Waals surface area contributed by atoms with Gasteiger partial charge in [0, 0.05) is 11.6 Å². The lowest BCUT2D eigenvalue weighted by molar-refractivity contribution is 0.386. The molecule has 0 atom stereocenters. The fourth-order valence-corrected chi connectivity index (χ4v) is 2.24. The first-order valence-electron chi connectivity index (χ1n) is 6.60. The SMILES string of the molecule is CC(C)NCc1nc2ccccc2n1C(C)(C)C. The van der Waals surface area contributed by atoms with Crippen LogP contribution < -0.4 is 5.32 Å². The Bertz CT molecular complexity index is 532. The highest BCUT2D eigenvalue weighted by molar-refractivity contribution is 5.76. The van der Waals surface area contributed by atoms with Crippen molar-refractivity contribution >= 4 is 11.0 Å². The van der Waals surface area contributed by atoms with Crippen LogP contribution in [0.1, 0.15) is 40.4 Å². The molecule has 2 aromatic rings. The fraction of sp³-hybridized carbons (Fsp3) is 0.533. The molecule has 0 saturated heterocycles. The Morgan fingerprint density at radius 3 is 2.50 bits per heavy atom. The van der Waals surface area contributed by atoms with Crippen LogP contribution in [0.15, 0.2) is 24.3 Å². The first kappa shape index (κ1) is 13.1. The molecule has 0 aliphatic rings. The lowest BCUT2D eigenvalue weighted by Gasteiger charge is -2.25. The van der Waals surface area contributed by atoms with E-state index in [1.54, 1.807) is 0 Å². The zero-order valence-corrected chi connectivity index (χ0v) is 12.0. The third-order valence-electron chi connectivity index (χ3n) is 2.97. The molecule has 0 radical (unpaired) electrons. The maximum atomic E-state index is 4.75.